The number of hydrogen-bond donors (Lipinski definition) is 0. The zero-order valence-electron chi connectivity index (χ0n) is 15.5. The fraction of sp³-hybridized carbons (Fsp3) is 0.900. The first-order valence-corrected chi connectivity index (χ1v) is 9.88. The molecule has 0 aromatic heterocycles. The molecule has 0 aromatic carbocycles. The van der Waals surface area contributed by atoms with Gasteiger partial charge in [-0.2, -0.15) is 0 Å². The molecule has 3 nitrogen and oxygen atoms in total. The Morgan fingerprint density at radius 1 is 0.609 bits per heavy atom. The van der Waals surface area contributed by atoms with Crippen molar-refractivity contribution in [2.45, 2.75) is 110 Å². The summed E-state index contributed by atoms with van der Waals surface area (Å²) in [6.45, 7) is 4.54. The summed E-state index contributed by atoms with van der Waals surface area (Å²) in [5.41, 5.74) is 0. The van der Waals surface area contributed by atoms with Crippen molar-refractivity contribution in [2.75, 3.05) is 6.61 Å². The van der Waals surface area contributed by atoms with Gasteiger partial charge in [0.05, 0.1) is 6.61 Å². The van der Waals surface area contributed by atoms with Gasteiger partial charge in [0.1, 0.15) is 5.78 Å². The summed E-state index contributed by atoms with van der Waals surface area (Å²) in [4.78, 5) is 22.9. The standard InChI is InChI=1S/C20H38O3/c1-3-5-6-7-8-9-10-13-16-19(21)17-14-11-12-15-18-20(22)23-4-2/h3-18H2,1-2H3. The van der Waals surface area contributed by atoms with Crippen LogP contribution in [-0.2, 0) is 14.3 Å². The highest BCUT2D eigenvalue weighted by molar-refractivity contribution is 5.78. The van der Waals surface area contributed by atoms with E-state index in [0.717, 1.165) is 44.9 Å². The first-order valence-electron chi connectivity index (χ1n) is 9.88. The number of Topliss-reactive ketones (excluding diaryl/α,β-unsaturated/α-hetero) is 1. The first-order chi connectivity index (χ1) is 11.2. The van der Waals surface area contributed by atoms with E-state index >= 15 is 0 Å². The van der Waals surface area contributed by atoms with E-state index in [2.05, 4.69) is 6.92 Å². The summed E-state index contributed by atoms with van der Waals surface area (Å²) in [6, 6.07) is 0. The van der Waals surface area contributed by atoms with E-state index in [0.29, 0.717) is 18.8 Å². The number of unbranched alkanes of at least 4 members (excludes halogenated alkanes) is 10. The van der Waals surface area contributed by atoms with Gasteiger partial charge in [-0.25, -0.2) is 0 Å². The third-order valence-electron chi connectivity index (χ3n) is 4.20. The van der Waals surface area contributed by atoms with Crippen LogP contribution in [0.5, 0.6) is 0 Å². The van der Waals surface area contributed by atoms with Gasteiger partial charge in [0, 0.05) is 19.3 Å². The molecule has 136 valence electrons. The maximum Gasteiger partial charge on any atom is 0.305 e. The molecule has 0 atom stereocenters. The van der Waals surface area contributed by atoms with Crippen LogP contribution in [0.3, 0.4) is 0 Å². The predicted octanol–water partition coefficient (Wildman–Crippen LogP) is 5.99. The molecule has 0 spiro atoms. The average Bonchev–Trinajstić information content (AvgIpc) is 2.53. The molecule has 0 aliphatic heterocycles. The average molecular weight is 327 g/mol. The minimum Gasteiger partial charge on any atom is -0.466 e. The Balaban J connectivity index is 3.23. The molecule has 0 bridgehead atoms. The van der Waals surface area contributed by atoms with Crippen LogP contribution in [0, 0.1) is 0 Å². The summed E-state index contributed by atoms with van der Waals surface area (Å²) in [7, 11) is 0. The van der Waals surface area contributed by atoms with Crippen LogP contribution in [0.15, 0.2) is 0 Å². The number of rotatable bonds is 17. The van der Waals surface area contributed by atoms with E-state index in [1.54, 1.807) is 0 Å². The first kappa shape index (κ1) is 22.1. The van der Waals surface area contributed by atoms with E-state index in [-0.39, 0.29) is 5.97 Å². The van der Waals surface area contributed by atoms with Gasteiger partial charge in [-0.3, -0.25) is 9.59 Å². The second kappa shape index (κ2) is 17.5. The van der Waals surface area contributed by atoms with Crippen molar-refractivity contribution in [2.24, 2.45) is 0 Å². The lowest BCUT2D eigenvalue weighted by atomic mass is 10.0. The van der Waals surface area contributed by atoms with Crippen molar-refractivity contribution < 1.29 is 14.3 Å². The lowest BCUT2D eigenvalue weighted by Crippen LogP contribution is -2.03. The third-order valence-corrected chi connectivity index (χ3v) is 4.20. The lowest BCUT2D eigenvalue weighted by Gasteiger charge is -2.03. The molecular formula is C20H38O3. The summed E-state index contributed by atoms with van der Waals surface area (Å²) >= 11 is 0. The second-order valence-electron chi connectivity index (χ2n) is 6.48. The molecule has 0 radical (unpaired) electrons. The molecule has 3 heteroatoms. The minimum atomic E-state index is -0.0988. The van der Waals surface area contributed by atoms with E-state index in [4.69, 9.17) is 4.74 Å². The Morgan fingerprint density at radius 3 is 1.52 bits per heavy atom. The Bertz CT molecular complexity index is 287. The number of carbonyl (C=O) groups is 2. The number of ketones is 1. The highest BCUT2D eigenvalue weighted by Crippen LogP contribution is 2.12. The van der Waals surface area contributed by atoms with E-state index in [9.17, 15) is 9.59 Å². The smallest absolute Gasteiger partial charge is 0.305 e. The highest BCUT2D eigenvalue weighted by atomic mass is 16.5. The fourth-order valence-electron chi connectivity index (χ4n) is 2.76. The summed E-state index contributed by atoms with van der Waals surface area (Å²) in [5, 5.41) is 0. The normalized spacial score (nSPS) is 10.7. The predicted molar refractivity (Wildman–Crippen MR) is 96.6 cm³/mol. The Labute approximate surface area is 143 Å². The maximum atomic E-state index is 11.8. The van der Waals surface area contributed by atoms with E-state index in [1.165, 1.54) is 44.9 Å². The molecule has 0 rings (SSSR count). The van der Waals surface area contributed by atoms with Crippen LogP contribution in [-0.4, -0.2) is 18.4 Å². The Kier molecular flexibility index (Phi) is 16.8. The molecule has 0 aromatic rings. The van der Waals surface area contributed by atoms with Crippen LogP contribution in [0.4, 0.5) is 0 Å². The number of carbonyl (C=O) groups excluding carboxylic acids is 2. The molecule has 0 heterocycles. The lowest BCUT2D eigenvalue weighted by molar-refractivity contribution is -0.143. The molecule has 0 aliphatic carbocycles. The Hall–Kier alpha value is -0.860. The van der Waals surface area contributed by atoms with E-state index in [1.807, 2.05) is 6.92 Å². The zero-order valence-corrected chi connectivity index (χ0v) is 15.5. The summed E-state index contributed by atoms with van der Waals surface area (Å²) in [5.74, 6) is 0.319. The molecule has 23 heavy (non-hydrogen) atoms. The van der Waals surface area contributed by atoms with E-state index < -0.39 is 0 Å². The minimum absolute atomic E-state index is 0.0988. The monoisotopic (exact) mass is 326 g/mol. The molecule has 0 N–H and O–H groups in total. The van der Waals surface area contributed by atoms with Crippen molar-refractivity contribution in [1.29, 1.82) is 0 Å². The van der Waals surface area contributed by atoms with Gasteiger partial charge in [-0.1, -0.05) is 64.7 Å². The highest BCUT2D eigenvalue weighted by Gasteiger charge is 2.03. The van der Waals surface area contributed by atoms with Crippen LogP contribution >= 0.6 is 0 Å². The summed E-state index contributed by atoms with van der Waals surface area (Å²) < 4.78 is 4.88. The second-order valence-corrected chi connectivity index (χ2v) is 6.48. The number of esters is 1. The van der Waals surface area contributed by atoms with Gasteiger partial charge in [-0.05, 0) is 26.2 Å². The van der Waals surface area contributed by atoms with Crippen LogP contribution in [0.1, 0.15) is 110 Å². The van der Waals surface area contributed by atoms with Gasteiger partial charge in [0.15, 0.2) is 0 Å². The van der Waals surface area contributed by atoms with Gasteiger partial charge in [-0.15, -0.1) is 0 Å². The SMILES string of the molecule is CCCCCCCCCCC(=O)CCCCCCC(=O)OCC. The maximum absolute atomic E-state index is 11.8. The van der Waals surface area contributed by atoms with Crippen molar-refractivity contribution in [3.8, 4) is 0 Å². The molecule has 0 fully saturated rings. The van der Waals surface area contributed by atoms with Crippen molar-refractivity contribution in [1.82, 2.24) is 0 Å². The van der Waals surface area contributed by atoms with Gasteiger partial charge < -0.3 is 4.74 Å². The van der Waals surface area contributed by atoms with Gasteiger partial charge >= 0.3 is 5.97 Å². The molecule has 0 saturated carbocycles. The van der Waals surface area contributed by atoms with Gasteiger partial charge in [0.25, 0.3) is 0 Å². The largest absolute Gasteiger partial charge is 0.466 e. The molecule has 0 aliphatic rings. The van der Waals surface area contributed by atoms with Crippen molar-refractivity contribution in [3.05, 3.63) is 0 Å². The topological polar surface area (TPSA) is 43.4 Å². The fourth-order valence-corrected chi connectivity index (χ4v) is 2.76. The number of ether oxygens (including phenoxy) is 1. The summed E-state index contributed by atoms with van der Waals surface area (Å²) in [6.07, 6.45) is 16.2. The van der Waals surface area contributed by atoms with Crippen molar-refractivity contribution in [3.63, 3.8) is 0 Å². The van der Waals surface area contributed by atoms with Crippen LogP contribution in [0.25, 0.3) is 0 Å². The quantitative estimate of drug-likeness (QED) is 0.243. The molecule has 0 unspecified atom stereocenters. The zero-order chi connectivity index (χ0) is 17.2. The molecule has 0 amide bonds. The van der Waals surface area contributed by atoms with Crippen LogP contribution in [0.2, 0.25) is 0 Å². The third kappa shape index (κ3) is 17.3. The Morgan fingerprint density at radius 2 is 1.04 bits per heavy atom. The molecule has 0 saturated heterocycles. The number of hydrogen-bond acceptors (Lipinski definition) is 3. The van der Waals surface area contributed by atoms with Gasteiger partial charge in [0.2, 0.25) is 0 Å². The van der Waals surface area contributed by atoms with Crippen LogP contribution < -0.4 is 0 Å². The molecular weight excluding hydrogens is 288 g/mol. The van der Waals surface area contributed by atoms with Crippen molar-refractivity contribution >= 4 is 11.8 Å².